The van der Waals surface area contributed by atoms with Crippen LogP contribution >= 0.6 is 11.8 Å². The van der Waals surface area contributed by atoms with Crippen molar-refractivity contribution < 1.29 is 14.3 Å². The molecule has 4 nitrogen and oxygen atoms in total. The summed E-state index contributed by atoms with van der Waals surface area (Å²) in [6, 6.07) is 16.6. The molecule has 0 bridgehead atoms. The second kappa shape index (κ2) is 6.23. The Morgan fingerprint density at radius 1 is 1.05 bits per heavy atom. The van der Waals surface area contributed by atoms with Gasteiger partial charge in [-0.1, -0.05) is 42.5 Å². The van der Waals surface area contributed by atoms with Gasteiger partial charge in [-0.05, 0) is 30.2 Å². The van der Waals surface area contributed by atoms with E-state index < -0.39 is 6.04 Å². The third-order valence-electron chi connectivity index (χ3n) is 3.49. The van der Waals surface area contributed by atoms with E-state index in [2.05, 4.69) is 5.32 Å². The summed E-state index contributed by atoms with van der Waals surface area (Å²) in [5.74, 6) is 0.726. The molecular weight excluding hydrogens is 298 g/mol. The van der Waals surface area contributed by atoms with Crippen molar-refractivity contribution in [2.45, 2.75) is 19.1 Å². The van der Waals surface area contributed by atoms with Crippen LogP contribution in [0.15, 0.2) is 54.6 Å². The molecule has 5 heteroatoms. The maximum absolute atomic E-state index is 11.7. The number of benzene rings is 2. The van der Waals surface area contributed by atoms with Crippen LogP contribution in [-0.4, -0.2) is 10.4 Å². The maximum Gasteiger partial charge on any atom is 0.287 e. The van der Waals surface area contributed by atoms with E-state index in [0.29, 0.717) is 11.8 Å². The molecule has 3 rings (SSSR count). The van der Waals surface area contributed by atoms with Gasteiger partial charge in [-0.25, -0.2) is 0 Å². The number of amides is 1. The average molecular weight is 313 g/mol. The highest BCUT2D eigenvalue weighted by atomic mass is 32.2. The molecule has 0 aromatic heterocycles. The largest absolute Gasteiger partial charge is 0.486 e. The number of carbonyl (C=O) groups is 2. The topological polar surface area (TPSA) is 55.4 Å². The molecule has 1 aliphatic heterocycles. The fourth-order valence-electron chi connectivity index (χ4n) is 2.31. The van der Waals surface area contributed by atoms with Gasteiger partial charge in [0, 0.05) is 11.8 Å². The minimum Gasteiger partial charge on any atom is -0.486 e. The van der Waals surface area contributed by atoms with Crippen LogP contribution in [-0.2, 0) is 4.79 Å². The van der Waals surface area contributed by atoms with Gasteiger partial charge in [0.1, 0.15) is 17.9 Å². The summed E-state index contributed by atoms with van der Waals surface area (Å²) in [6.07, 6.45) is -0.0598. The Hall–Kier alpha value is -2.27. The van der Waals surface area contributed by atoms with Crippen molar-refractivity contribution in [3.8, 4) is 5.75 Å². The molecule has 2 unspecified atom stereocenters. The lowest BCUT2D eigenvalue weighted by Gasteiger charge is -2.16. The molecule has 0 spiro atoms. The Balaban J connectivity index is 1.69. The molecule has 2 aromatic carbocycles. The summed E-state index contributed by atoms with van der Waals surface area (Å²) in [4.78, 5) is 22.9. The zero-order valence-corrected chi connectivity index (χ0v) is 12.8. The van der Waals surface area contributed by atoms with Crippen LogP contribution in [0.4, 0.5) is 4.79 Å². The van der Waals surface area contributed by atoms with Gasteiger partial charge in [-0.15, -0.1) is 0 Å². The number of hydrogen-bond donors (Lipinski definition) is 1. The van der Waals surface area contributed by atoms with E-state index in [1.165, 1.54) is 0 Å². The lowest BCUT2D eigenvalue weighted by molar-refractivity contribution is -0.112. The SMILES string of the molecule is CC(Oc1ccc(C2NC(=O)SC2=O)cc1)c1ccccc1. The molecule has 0 saturated carbocycles. The highest BCUT2D eigenvalue weighted by Gasteiger charge is 2.32. The Morgan fingerprint density at radius 3 is 2.32 bits per heavy atom. The summed E-state index contributed by atoms with van der Waals surface area (Å²) in [7, 11) is 0. The average Bonchev–Trinajstić information content (AvgIpc) is 2.87. The van der Waals surface area contributed by atoms with Crippen LogP contribution in [0.2, 0.25) is 0 Å². The predicted molar refractivity (Wildman–Crippen MR) is 85.8 cm³/mol. The molecule has 0 aliphatic carbocycles. The molecule has 1 saturated heterocycles. The first kappa shape index (κ1) is 14.7. The number of rotatable bonds is 4. The van der Waals surface area contributed by atoms with Crippen molar-refractivity contribution in [3.63, 3.8) is 0 Å². The number of ether oxygens (including phenoxy) is 1. The third kappa shape index (κ3) is 3.14. The smallest absolute Gasteiger partial charge is 0.287 e. The molecule has 1 N–H and O–H groups in total. The third-order valence-corrected chi connectivity index (χ3v) is 4.23. The molecule has 2 atom stereocenters. The van der Waals surface area contributed by atoms with E-state index in [9.17, 15) is 9.59 Å². The fourth-order valence-corrected chi connectivity index (χ4v) is 2.98. The normalized spacial score (nSPS) is 18.9. The van der Waals surface area contributed by atoms with E-state index in [-0.39, 0.29) is 16.5 Å². The highest BCUT2D eigenvalue weighted by Crippen LogP contribution is 2.29. The summed E-state index contributed by atoms with van der Waals surface area (Å²) in [5.41, 5.74) is 1.87. The van der Waals surface area contributed by atoms with Gasteiger partial charge in [-0.3, -0.25) is 9.59 Å². The quantitative estimate of drug-likeness (QED) is 0.931. The van der Waals surface area contributed by atoms with Crippen LogP contribution < -0.4 is 10.1 Å². The van der Waals surface area contributed by atoms with Gasteiger partial charge in [0.05, 0.1) is 0 Å². The van der Waals surface area contributed by atoms with Crippen LogP contribution in [0.5, 0.6) is 5.75 Å². The second-order valence-corrected chi connectivity index (χ2v) is 6.00. The second-order valence-electron chi connectivity index (χ2n) is 5.03. The molecule has 1 heterocycles. The summed E-state index contributed by atoms with van der Waals surface area (Å²) < 4.78 is 5.89. The van der Waals surface area contributed by atoms with Gasteiger partial charge < -0.3 is 10.1 Å². The van der Waals surface area contributed by atoms with Crippen molar-refractivity contribution in [3.05, 3.63) is 65.7 Å². The lowest BCUT2D eigenvalue weighted by Crippen LogP contribution is -2.19. The first-order chi connectivity index (χ1) is 10.6. The van der Waals surface area contributed by atoms with E-state index in [4.69, 9.17) is 4.74 Å². The molecule has 0 radical (unpaired) electrons. The lowest BCUT2D eigenvalue weighted by atomic mass is 10.1. The van der Waals surface area contributed by atoms with E-state index in [1.54, 1.807) is 0 Å². The maximum atomic E-state index is 11.7. The molecule has 1 aliphatic rings. The number of hydrogen-bond acceptors (Lipinski definition) is 4. The molecular formula is C17H15NO3S. The molecule has 22 heavy (non-hydrogen) atoms. The van der Waals surface area contributed by atoms with E-state index in [1.807, 2.05) is 61.5 Å². The van der Waals surface area contributed by atoms with Gasteiger partial charge in [-0.2, -0.15) is 0 Å². The van der Waals surface area contributed by atoms with Gasteiger partial charge >= 0.3 is 0 Å². The fraction of sp³-hybridized carbons (Fsp3) is 0.176. The zero-order valence-electron chi connectivity index (χ0n) is 12.0. The van der Waals surface area contributed by atoms with E-state index >= 15 is 0 Å². The summed E-state index contributed by atoms with van der Waals surface area (Å²) >= 11 is 0.715. The Kier molecular flexibility index (Phi) is 4.15. The minimum atomic E-state index is -0.557. The van der Waals surface area contributed by atoms with Crippen LogP contribution in [0.25, 0.3) is 0 Å². The molecule has 2 aromatic rings. The van der Waals surface area contributed by atoms with Gasteiger partial charge in [0.2, 0.25) is 5.12 Å². The van der Waals surface area contributed by atoms with Crippen molar-refractivity contribution in [2.75, 3.05) is 0 Å². The van der Waals surface area contributed by atoms with Crippen molar-refractivity contribution >= 4 is 22.1 Å². The first-order valence-corrected chi connectivity index (χ1v) is 7.79. The zero-order chi connectivity index (χ0) is 15.5. The van der Waals surface area contributed by atoms with Gasteiger partial charge in [0.15, 0.2) is 0 Å². The summed E-state index contributed by atoms with van der Waals surface area (Å²) in [5, 5.41) is 2.17. The van der Waals surface area contributed by atoms with Crippen molar-refractivity contribution in [1.29, 1.82) is 0 Å². The van der Waals surface area contributed by atoms with Crippen molar-refractivity contribution in [1.82, 2.24) is 5.32 Å². The van der Waals surface area contributed by atoms with E-state index in [0.717, 1.165) is 16.9 Å². The monoisotopic (exact) mass is 313 g/mol. The highest BCUT2D eigenvalue weighted by molar-refractivity contribution is 8.26. The standard InChI is InChI=1S/C17H15NO3S/c1-11(12-5-3-2-4-6-12)21-14-9-7-13(8-10-14)15-16(19)22-17(20)18-15/h2-11,15H,1H3,(H,18,20). The number of nitrogens with one attached hydrogen (secondary N) is 1. The van der Waals surface area contributed by atoms with Crippen LogP contribution in [0.1, 0.15) is 30.2 Å². The minimum absolute atomic E-state index is 0.0598. The first-order valence-electron chi connectivity index (χ1n) is 6.97. The summed E-state index contributed by atoms with van der Waals surface area (Å²) in [6.45, 7) is 1.99. The predicted octanol–water partition coefficient (Wildman–Crippen LogP) is 3.85. The Morgan fingerprint density at radius 2 is 1.73 bits per heavy atom. The number of thioether (sulfide) groups is 1. The van der Waals surface area contributed by atoms with Gasteiger partial charge in [0.25, 0.3) is 5.24 Å². The Labute approximate surface area is 132 Å². The van der Waals surface area contributed by atoms with Crippen molar-refractivity contribution in [2.24, 2.45) is 0 Å². The molecule has 1 fully saturated rings. The Bertz CT molecular complexity index is 685. The molecule has 112 valence electrons. The number of carbonyl (C=O) groups excluding carboxylic acids is 2. The van der Waals surface area contributed by atoms with Crippen LogP contribution in [0.3, 0.4) is 0 Å². The molecule has 1 amide bonds. The van der Waals surface area contributed by atoms with Crippen LogP contribution in [0, 0.1) is 0 Å².